The molecule has 0 bridgehead atoms. The topological polar surface area (TPSA) is 18.5 Å². The minimum absolute atomic E-state index is 0.105. The van der Waals surface area contributed by atoms with Crippen LogP contribution in [-0.2, 0) is 6.61 Å². The highest BCUT2D eigenvalue weighted by molar-refractivity contribution is 9.10. The van der Waals surface area contributed by atoms with E-state index in [0.29, 0.717) is 5.75 Å². The van der Waals surface area contributed by atoms with Gasteiger partial charge in [0.15, 0.2) is 11.6 Å². The SMILES string of the molecule is COc1ccc(COc2cccc(F)c2F)cc1Br. The molecule has 0 radical (unpaired) electrons. The Hall–Kier alpha value is -1.62. The molecule has 0 heterocycles. The average molecular weight is 329 g/mol. The summed E-state index contributed by atoms with van der Waals surface area (Å²) < 4.78 is 37.5. The lowest BCUT2D eigenvalue weighted by Gasteiger charge is -2.09. The molecule has 19 heavy (non-hydrogen) atoms. The Morgan fingerprint density at radius 2 is 1.89 bits per heavy atom. The van der Waals surface area contributed by atoms with E-state index in [1.165, 1.54) is 12.1 Å². The van der Waals surface area contributed by atoms with Gasteiger partial charge in [0.05, 0.1) is 11.6 Å². The lowest BCUT2D eigenvalue weighted by Crippen LogP contribution is -1.99. The highest BCUT2D eigenvalue weighted by Gasteiger charge is 2.09. The Balaban J connectivity index is 2.10. The van der Waals surface area contributed by atoms with Crippen LogP contribution >= 0.6 is 15.9 Å². The first kappa shape index (κ1) is 13.8. The molecular weight excluding hydrogens is 318 g/mol. The highest BCUT2D eigenvalue weighted by atomic mass is 79.9. The van der Waals surface area contributed by atoms with Crippen LogP contribution in [-0.4, -0.2) is 7.11 Å². The van der Waals surface area contributed by atoms with Crippen LogP contribution in [0.15, 0.2) is 40.9 Å². The lowest BCUT2D eigenvalue weighted by atomic mass is 10.2. The van der Waals surface area contributed by atoms with Gasteiger partial charge in [-0.15, -0.1) is 0 Å². The van der Waals surface area contributed by atoms with Crippen LogP contribution in [0.4, 0.5) is 8.78 Å². The largest absolute Gasteiger partial charge is 0.496 e. The minimum Gasteiger partial charge on any atom is -0.496 e. The summed E-state index contributed by atoms with van der Waals surface area (Å²) in [7, 11) is 1.57. The molecule has 2 rings (SSSR count). The molecule has 0 N–H and O–H groups in total. The van der Waals surface area contributed by atoms with E-state index in [1.54, 1.807) is 25.3 Å². The molecule has 0 aliphatic rings. The molecule has 0 aromatic heterocycles. The van der Waals surface area contributed by atoms with Crippen molar-refractivity contribution in [2.75, 3.05) is 7.11 Å². The first-order valence-corrected chi connectivity index (χ1v) is 6.30. The molecule has 0 saturated heterocycles. The summed E-state index contributed by atoms with van der Waals surface area (Å²) in [5.74, 6) is -1.31. The molecule has 0 fully saturated rings. The van der Waals surface area contributed by atoms with Gasteiger partial charge < -0.3 is 9.47 Å². The average Bonchev–Trinajstić information content (AvgIpc) is 2.40. The Morgan fingerprint density at radius 3 is 2.58 bits per heavy atom. The molecule has 0 saturated carbocycles. The number of methoxy groups -OCH3 is 1. The smallest absolute Gasteiger partial charge is 0.200 e. The summed E-state index contributed by atoms with van der Waals surface area (Å²) in [6.07, 6.45) is 0. The van der Waals surface area contributed by atoms with Crippen LogP contribution < -0.4 is 9.47 Å². The van der Waals surface area contributed by atoms with E-state index < -0.39 is 11.6 Å². The van der Waals surface area contributed by atoms with Crippen molar-refractivity contribution in [3.05, 3.63) is 58.1 Å². The molecule has 0 spiro atoms. The van der Waals surface area contributed by atoms with Gasteiger partial charge in [0.25, 0.3) is 0 Å². The van der Waals surface area contributed by atoms with Crippen LogP contribution in [0.3, 0.4) is 0 Å². The van der Waals surface area contributed by atoms with Gasteiger partial charge in [-0.2, -0.15) is 4.39 Å². The molecule has 2 aromatic carbocycles. The zero-order valence-electron chi connectivity index (χ0n) is 10.1. The molecule has 5 heteroatoms. The number of benzene rings is 2. The van der Waals surface area contributed by atoms with E-state index in [2.05, 4.69) is 15.9 Å². The van der Waals surface area contributed by atoms with Gasteiger partial charge in [-0.05, 0) is 45.8 Å². The van der Waals surface area contributed by atoms with Crippen molar-refractivity contribution in [1.82, 2.24) is 0 Å². The van der Waals surface area contributed by atoms with Gasteiger partial charge in [0.1, 0.15) is 12.4 Å². The van der Waals surface area contributed by atoms with E-state index in [0.717, 1.165) is 16.1 Å². The van der Waals surface area contributed by atoms with Crippen molar-refractivity contribution in [2.45, 2.75) is 6.61 Å². The Bertz CT molecular complexity index is 588. The number of hydrogen-bond acceptors (Lipinski definition) is 2. The van der Waals surface area contributed by atoms with Crippen molar-refractivity contribution in [1.29, 1.82) is 0 Å². The number of rotatable bonds is 4. The van der Waals surface area contributed by atoms with Gasteiger partial charge in [-0.3, -0.25) is 0 Å². The molecule has 2 aromatic rings. The Kier molecular flexibility index (Phi) is 4.37. The summed E-state index contributed by atoms with van der Waals surface area (Å²) in [5.41, 5.74) is 0.816. The predicted molar refractivity (Wildman–Crippen MR) is 71.4 cm³/mol. The number of hydrogen-bond donors (Lipinski definition) is 0. The van der Waals surface area contributed by atoms with Crippen LogP contribution in [0.5, 0.6) is 11.5 Å². The van der Waals surface area contributed by atoms with Crippen molar-refractivity contribution in [2.24, 2.45) is 0 Å². The maximum atomic E-state index is 13.4. The normalized spacial score (nSPS) is 10.3. The van der Waals surface area contributed by atoms with Gasteiger partial charge in [0, 0.05) is 0 Å². The fourth-order valence-corrected chi connectivity index (χ4v) is 2.14. The van der Waals surface area contributed by atoms with E-state index >= 15 is 0 Å². The van der Waals surface area contributed by atoms with Crippen molar-refractivity contribution in [3.8, 4) is 11.5 Å². The first-order valence-electron chi connectivity index (χ1n) is 5.51. The Morgan fingerprint density at radius 1 is 1.11 bits per heavy atom. The summed E-state index contributed by atoms with van der Waals surface area (Å²) in [6, 6.07) is 9.20. The van der Waals surface area contributed by atoms with Crippen molar-refractivity contribution >= 4 is 15.9 Å². The van der Waals surface area contributed by atoms with Gasteiger partial charge in [-0.25, -0.2) is 4.39 Å². The van der Waals surface area contributed by atoms with Crippen LogP contribution in [0.1, 0.15) is 5.56 Å². The Labute approximate surface area is 118 Å². The molecule has 0 amide bonds. The maximum absolute atomic E-state index is 13.4. The minimum atomic E-state index is -0.977. The van der Waals surface area contributed by atoms with Crippen LogP contribution in [0.25, 0.3) is 0 Å². The molecule has 0 atom stereocenters. The predicted octanol–water partition coefficient (Wildman–Crippen LogP) is 4.31. The number of halogens is 3. The van der Waals surface area contributed by atoms with E-state index in [-0.39, 0.29) is 12.4 Å². The standard InChI is InChI=1S/C14H11BrF2O2/c1-18-12-6-5-9(7-10(12)15)8-19-13-4-2-3-11(16)14(13)17/h2-7H,8H2,1H3. The van der Waals surface area contributed by atoms with E-state index in [1.807, 2.05) is 0 Å². The molecule has 100 valence electrons. The number of ether oxygens (including phenoxy) is 2. The molecule has 0 aliphatic heterocycles. The third kappa shape index (κ3) is 3.23. The highest BCUT2D eigenvalue weighted by Crippen LogP contribution is 2.26. The van der Waals surface area contributed by atoms with E-state index in [9.17, 15) is 8.78 Å². The van der Waals surface area contributed by atoms with Gasteiger partial charge in [-0.1, -0.05) is 12.1 Å². The second-order valence-electron chi connectivity index (χ2n) is 3.81. The molecule has 2 nitrogen and oxygen atoms in total. The molecular formula is C14H11BrF2O2. The maximum Gasteiger partial charge on any atom is 0.200 e. The van der Waals surface area contributed by atoms with Crippen LogP contribution in [0, 0.1) is 11.6 Å². The third-order valence-corrected chi connectivity index (χ3v) is 3.15. The fraction of sp³-hybridized carbons (Fsp3) is 0.143. The second kappa shape index (κ2) is 6.02. The zero-order valence-corrected chi connectivity index (χ0v) is 11.7. The van der Waals surface area contributed by atoms with Gasteiger partial charge >= 0.3 is 0 Å². The van der Waals surface area contributed by atoms with Gasteiger partial charge in [0.2, 0.25) is 5.82 Å². The van der Waals surface area contributed by atoms with Crippen LogP contribution in [0.2, 0.25) is 0 Å². The zero-order chi connectivity index (χ0) is 13.8. The van der Waals surface area contributed by atoms with Crippen molar-refractivity contribution < 1.29 is 18.3 Å². The molecule has 0 unspecified atom stereocenters. The fourth-order valence-electron chi connectivity index (χ4n) is 1.56. The molecule has 0 aliphatic carbocycles. The summed E-state index contributed by atoms with van der Waals surface area (Å²) in [4.78, 5) is 0. The quantitative estimate of drug-likeness (QED) is 0.832. The monoisotopic (exact) mass is 328 g/mol. The first-order chi connectivity index (χ1) is 9.11. The summed E-state index contributed by atoms with van der Waals surface area (Å²) in [5, 5.41) is 0. The van der Waals surface area contributed by atoms with Crippen molar-refractivity contribution in [3.63, 3.8) is 0 Å². The van der Waals surface area contributed by atoms with E-state index in [4.69, 9.17) is 9.47 Å². The summed E-state index contributed by atoms with van der Waals surface area (Å²) >= 11 is 3.34. The lowest BCUT2D eigenvalue weighted by molar-refractivity contribution is 0.284. The third-order valence-electron chi connectivity index (χ3n) is 2.53. The summed E-state index contributed by atoms with van der Waals surface area (Å²) in [6.45, 7) is 0.142. The second-order valence-corrected chi connectivity index (χ2v) is 4.66.